The van der Waals surface area contributed by atoms with Crippen molar-refractivity contribution in [3.63, 3.8) is 0 Å². The monoisotopic (exact) mass is 466 g/mol. The van der Waals surface area contributed by atoms with Gasteiger partial charge in [-0.15, -0.1) is 24.8 Å². The minimum atomic E-state index is -3.46. The maximum Gasteiger partial charge on any atom is 0.243 e. The predicted molar refractivity (Wildman–Crippen MR) is 120 cm³/mol. The lowest BCUT2D eigenvalue weighted by Gasteiger charge is -2.35. The largest absolute Gasteiger partial charge is 0.337 e. The molecule has 0 saturated carbocycles. The number of rotatable bonds is 6. The van der Waals surface area contributed by atoms with E-state index < -0.39 is 10.0 Å². The first-order valence-electron chi connectivity index (χ1n) is 9.65. The zero-order valence-electron chi connectivity index (χ0n) is 17.0. The number of nitrogens with zero attached hydrogens (tertiary/aromatic N) is 3. The van der Waals surface area contributed by atoms with E-state index in [2.05, 4.69) is 10.2 Å². The highest BCUT2D eigenvalue weighted by molar-refractivity contribution is 7.89. The Kier molecular flexibility index (Phi) is 10.3. The number of aryl methyl sites for hydroxylation is 1. The van der Waals surface area contributed by atoms with Gasteiger partial charge >= 0.3 is 0 Å². The van der Waals surface area contributed by atoms with E-state index in [4.69, 9.17) is 0 Å². The first kappa shape index (κ1) is 26.1. The second-order valence-corrected chi connectivity index (χ2v) is 9.37. The summed E-state index contributed by atoms with van der Waals surface area (Å²) in [7, 11) is -1.55. The van der Waals surface area contributed by atoms with Crippen molar-refractivity contribution in [1.82, 2.24) is 19.4 Å². The van der Waals surface area contributed by atoms with E-state index in [1.54, 1.807) is 12.1 Å². The number of sulfonamides is 1. The second-order valence-electron chi connectivity index (χ2n) is 7.43. The van der Waals surface area contributed by atoms with Gasteiger partial charge in [0.05, 0.1) is 11.4 Å². The number of piperazine rings is 1. The smallest absolute Gasteiger partial charge is 0.243 e. The van der Waals surface area contributed by atoms with Gasteiger partial charge in [0.2, 0.25) is 15.9 Å². The van der Waals surface area contributed by atoms with Crippen molar-refractivity contribution in [2.24, 2.45) is 0 Å². The lowest BCUT2D eigenvalue weighted by Crippen LogP contribution is -2.52. The van der Waals surface area contributed by atoms with Gasteiger partial charge in [-0.3, -0.25) is 9.69 Å². The van der Waals surface area contributed by atoms with Crippen molar-refractivity contribution in [2.75, 3.05) is 52.9 Å². The number of likely N-dealkylation sites (tertiary alicyclic amines) is 1. The van der Waals surface area contributed by atoms with E-state index in [0.29, 0.717) is 37.6 Å². The molecule has 166 valence electrons. The molecule has 10 heteroatoms. The molecule has 0 spiro atoms. The van der Waals surface area contributed by atoms with Crippen LogP contribution in [-0.4, -0.2) is 87.3 Å². The minimum Gasteiger partial charge on any atom is -0.337 e. The Morgan fingerprint density at radius 2 is 1.69 bits per heavy atom. The summed E-state index contributed by atoms with van der Waals surface area (Å²) in [4.78, 5) is 17.0. The van der Waals surface area contributed by atoms with Gasteiger partial charge in [-0.1, -0.05) is 17.7 Å². The Labute approximate surface area is 186 Å². The van der Waals surface area contributed by atoms with Crippen molar-refractivity contribution in [3.8, 4) is 0 Å². The van der Waals surface area contributed by atoms with Crippen LogP contribution in [0.5, 0.6) is 0 Å². The fourth-order valence-corrected chi connectivity index (χ4v) is 5.30. The maximum absolute atomic E-state index is 12.8. The maximum atomic E-state index is 12.8. The molecule has 1 aromatic rings. The number of benzene rings is 1. The zero-order chi connectivity index (χ0) is 19.4. The van der Waals surface area contributed by atoms with Crippen LogP contribution in [0.1, 0.15) is 18.4 Å². The van der Waals surface area contributed by atoms with Crippen LogP contribution in [0.3, 0.4) is 0 Å². The fourth-order valence-electron chi connectivity index (χ4n) is 3.88. The van der Waals surface area contributed by atoms with Gasteiger partial charge in [0.1, 0.15) is 0 Å². The number of hydrogen-bond donors (Lipinski definition) is 1. The Morgan fingerprint density at radius 3 is 2.28 bits per heavy atom. The van der Waals surface area contributed by atoms with Gasteiger partial charge < -0.3 is 10.2 Å². The van der Waals surface area contributed by atoms with Gasteiger partial charge in [-0.2, -0.15) is 4.31 Å². The van der Waals surface area contributed by atoms with Crippen LogP contribution in [-0.2, 0) is 14.8 Å². The Bertz CT molecular complexity index is 753. The number of halogens is 2. The lowest BCUT2D eigenvalue weighted by molar-refractivity contribution is -0.133. The Morgan fingerprint density at radius 1 is 1.07 bits per heavy atom. The number of likely N-dealkylation sites (N-methyl/N-ethyl adjacent to an activating group) is 1. The van der Waals surface area contributed by atoms with Gasteiger partial charge in [0.25, 0.3) is 0 Å². The normalized spacial score (nSPS) is 20.8. The highest BCUT2D eigenvalue weighted by Crippen LogP contribution is 2.20. The van der Waals surface area contributed by atoms with Gasteiger partial charge in [0, 0.05) is 45.3 Å². The zero-order valence-corrected chi connectivity index (χ0v) is 19.5. The number of hydrogen-bond acceptors (Lipinski definition) is 5. The third-order valence-corrected chi connectivity index (χ3v) is 7.40. The minimum absolute atomic E-state index is 0. The molecule has 0 radical (unpaired) electrons. The highest BCUT2D eigenvalue weighted by Gasteiger charge is 2.32. The van der Waals surface area contributed by atoms with Gasteiger partial charge in [-0.25, -0.2) is 8.42 Å². The first-order chi connectivity index (χ1) is 12.9. The molecule has 1 unspecified atom stereocenters. The summed E-state index contributed by atoms with van der Waals surface area (Å²) < 4.78 is 27.1. The van der Waals surface area contributed by atoms with E-state index in [0.717, 1.165) is 31.5 Å². The molecule has 1 N–H and O–H groups in total. The van der Waals surface area contributed by atoms with Crippen LogP contribution in [0.4, 0.5) is 0 Å². The van der Waals surface area contributed by atoms with Gasteiger partial charge in [-0.05, 0) is 38.9 Å². The molecule has 2 aliphatic heterocycles. The number of carbonyl (C=O) groups excluding carboxylic acids is 1. The summed E-state index contributed by atoms with van der Waals surface area (Å²) >= 11 is 0. The SMILES string of the molecule is CNCC1CCCN1C(=O)CN1CCN(S(=O)(=O)c2ccc(C)cc2)CC1.Cl.Cl. The van der Waals surface area contributed by atoms with Crippen LogP contribution in [0.15, 0.2) is 29.2 Å². The van der Waals surface area contributed by atoms with E-state index in [1.807, 2.05) is 31.0 Å². The summed E-state index contributed by atoms with van der Waals surface area (Å²) in [5.74, 6) is 0.155. The van der Waals surface area contributed by atoms with Crippen LogP contribution in [0, 0.1) is 6.92 Å². The standard InChI is InChI=1S/C19H30N4O3S.2ClH/c1-16-5-7-18(8-6-16)27(25,26)22-12-10-21(11-13-22)15-19(24)23-9-3-4-17(23)14-20-2;;/h5-8,17,20H,3-4,9-15H2,1-2H3;2*1H. The van der Waals surface area contributed by atoms with Crippen molar-refractivity contribution in [3.05, 3.63) is 29.8 Å². The highest BCUT2D eigenvalue weighted by atomic mass is 35.5. The van der Waals surface area contributed by atoms with E-state index in [9.17, 15) is 13.2 Å². The molecule has 2 saturated heterocycles. The molecule has 1 aromatic carbocycles. The molecule has 7 nitrogen and oxygen atoms in total. The summed E-state index contributed by atoms with van der Waals surface area (Å²) in [6.07, 6.45) is 2.11. The fraction of sp³-hybridized carbons (Fsp3) is 0.632. The average Bonchev–Trinajstić information content (AvgIpc) is 3.11. The molecule has 29 heavy (non-hydrogen) atoms. The number of amides is 1. The Balaban J connectivity index is 0.00000210. The number of carbonyl (C=O) groups is 1. The van der Waals surface area contributed by atoms with Crippen LogP contribution >= 0.6 is 24.8 Å². The topological polar surface area (TPSA) is 73.0 Å². The summed E-state index contributed by atoms with van der Waals surface area (Å²) in [5, 5.41) is 3.16. The van der Waals surface area contributed by atoms with Gasteiger partial charge in [0.15, 0.2) is 0 Å². The van der Waals surface area contributed by atoms with Crippen molar-refractivity contribution >= 4 is 40.7 Å². The molecular formula is C19H32Cl2N4O3S. The third-order valence-electron chi connectivity index (χ3n) is 5.49. The molecular weight excluding hydrogens is 435 g/mol. The van der Waals surface area contributed by atoms with Crippen molar-refractivity contribution < 1.29 is 13.2 Å². The first-order valence-corrected chi connectivity index (χ1v) is 11.1. The molecule has 1 amide bonds. The quantitative estimate of drug-likeness (QED) is 0.684. The molecule has 1 atom stereocenters. The Hall–Kier alpha value is -0.900. The molecule has 3 rings (SSSR count). The predicted octanol–water partition coefficient (Wildman–Crippen LogP) is 1.36. The lowest BCUT2D eigenvalue weighted by atomic mass is 10.2. The molecule has 0 aliphatic carbocycles. The van der Waals surface area contributed by atoms with E-state index in [1.165, 1.54) is 4.31 Å². The van der Waals surface area contributed by atoms with E-state index in [-0.39, 0.29) is 36.8 Å². The summed E-state index contributed by atoms with van der Waals surface area (Å²) in [6, 6.07) is 7.25. The second kappa shape index (κ2) is 11.5. The molecule has 2 aliphatic rings. The summed E-state index contributed by atoms with van der Waals surface area (Å²) in [6.45, 7) is 5.98. The van der Waals surface area contributed by atoms with Crippen LogP contribution in [0.25, 0.3) is 0 Å². The molecule has 0 bridgehead atoms. The molecule has 2 fully saturated rings. The van der Waals surface area contributed by atoms with Crippen molar-refractivity contribution in [2.45, 2.75) is 30.7 Å². The van der Waals surface area contributed by atoms with E-state index >= 15 is 0 Å². The van der Waals surface area contributed by atoms with Crippen molar-refractivity contribution in [1.29, 1.82) is 0 Å². The molecule has 0 aromatic heterocycles. The van der Waals surface area contributed by atoms with Crippen LogP contribution < -0.4 is 5.32 Å². The van der Waals surface area contributed by atoms with Crippen LogP contribution in [0.2, 0.25) is 0 Å². The summed E-state index contributed by atoms with van der Waals surface area (Å²) in [5.41, 5.74) is 1.04. The molecule has 2 heterocycles. The average molecular weight is 467 g/mol. The third kappa shape index (κ3) is 6.29. The number of nitrogens with one attached hydrogen (secondary N) is 1.